The van der Waals surface area contributed by atoms with Gasteiger partial charge in [-0.05, 0) is 32.0 Å². The molecule has 2 amide bonds. The van der Waals surface area contributed by atoms with Crippen LogP contribution in [0.3, 0.4) is 0 Å². The molecule has 2 aliphatic heterocycles. The van der Waals surface area contributed by atoms with Gasteiger partial charge in [0, 0.05) is 42.4 Å². The summed E-state index contributed by atoms with van der Waals surface area (Å²) in [7, 11) is -3.60. The molecule has 32 heavy (non-hydrogen) atoms. The number of hydrazone groups is 1. The lowest BCUT2D eigenvalue weighted by Crippen LogP contribution is -2.52. The average Bonchev–Trinajstić information content (AvgIpc) is 3.37. The smallest absolute Gasteiger partial charge is 0.270 e. The van der Waals surface area contributed by atoms with Crippen LogP contribution in [-0.4, -0.2) is 67.4 Å². The highest BCUT2D eigenvalue weighted by molar-refractivity contribution is 7.89. The van der Waals surface area contributed by atoms with Crippen molar-refractivity contribution in [1.29, 1.82) is 0 Å². The van der Waals surface area contributed by atoms with Crippen LogP contribution >= 0.6 is 11.3 Å². The Hall–Kier alpha value is -2.76. The van der Waals surface area contributed by atoms with E-state index in [0.717, 1.165) is 9.75 Å². The molecule has 1 fully saturated rings. The van der Waals surface area contributed by atoms with E-state index in [1.165, 1.54) is 20.7 Å². The summed E-state index contributed by atoms with van der Waals surface area (Å²) in [6.45, 7) is 4.61. The first-order valence-corrected chi connectivity index (χ1v) is 12.5. The maximum absolute atomic E-state index is 13.1. The molecule has 0 bridgehead atoms. The number of carbonyl (C=O) groups is 2. The van der Waals surface area contributed by atoms with Gasteiger partial charge in [-0.25, -0.2) is 8.42 Å². The van der Waals surface area contributed by atoms with Crippen molar-refractivity contribution in [2.45, 2.75) is 31.2 Å². The monoisotopic (exact) mass is 475 g/mol. The second-order valence-electron chi connectivity index (χ2n) is 7.82. The zero-order valence-electron chi connectivity index (χ0n) is 17.9. The SMILES string of the molecule is Cc1cc(S(=O)(=O)N2CCN(C(=O)C3=NN(c4ccccc4)C(C(N)=O)C3)CC2)c(C)s1. The number of hydrogen-bond acceptors (Lipinski definition) is 7. The normalized spacial score (nSPS) is 19.8. The predicted molar refractivity (Wildman–Crippen MR) is 123 cm³/mol. The Labute approximate surface area is 191 Å². The van der Waals surface area contributed by atoms with E-state index in [9.17, 15) is 18.0 Å². The number of primary amides is 1. The number of benzene rings is 1. The largest absolute Gasteiger partial charge is 0.368 e. The lowest BCUT2D eigenvalue weighted by atomic mass is 10.1. The van der Waals surface area contributed by atoms with Crippen LogP contribution in [0.5, 0.6) is 0 Å². The Morgan fingerprint density at radius 2 is 1.75 bits per heavy atom. The second kappa shape index (κ2) is 8.64. The van der Waals surface area contributed by atoms with Gasteiger partial charge < -0.3 is 10.6 Å². The number of piperazine rings is 1. The van der Waals surface area contributed by atoms with Crippen molar-refractivity contribution in [3.8, 4) is 0 Å². The standard InChI is InChI=1S/C21H25N5O4S2/c1-14-12-19(15(2)31-14)32(29,30)25-10-8-24(9-11-25)21(28)17-13-18(20(22)27)26(23-17)16-6-4-3-5-7-16/h3-7,12,18H,8-11,13H2,1-2H3,(H2,22,27). The van der Waals surface area contributed by atoms with Gasteiger partial charge in [0.1, 0.15) is 11.8 Å². The third-order valence-corrected chi connectivity index (χ3v) is 8.77. The Balaban J connectivity index is 1.46. The first-order chi connectivity index (χ1) is 15.2. The number of para-hydroxylation sites is 1. The minimum Gasteiger partial charge on any atom is -0.368 e. The number of thiophene rings is 1. The van der Waals surface area contributed by atoms with Gasteiger partial charge in [-0.15, -0.1) is 11.3 Å². The van der Waals surface area contributed by atoms with Crippen LogP contribution in [0.2, 0.25) is 0 Å². The van der Waals surface area contributed by atoms with E-state index < -0.39 is 22.0 Å². The minimum absolute atomic E-state index is 0.120. The van der Waals surface area contributed by atoms with E-state index in [1.807, 2.05) is 25.1 Å². The molecular weight excluding hydrogens is 450 g/mol. The summed E-state index contributed by atoms with van der Waals surface area (Å²) in [6, 6.07) is 10.0. The predicted octanol–water partition coefficient (Wildman–Crippen LogP) is 1.32. The number of nitrogens with zero attached hydrogens (tertiary/aromatic N) is 4. The molecule has 0 aliphatic carbocycles. The number of nitrogens with two attached hydrogens (primary N) is 1. The van der Waals surface area contributed by atoms with Gasteiger partial charge in [-0.2, -0.15) is 9.41 Å². The number of amides is 2. The zero-order chi connectivity index (χ0) is 23.0. The fraction of sp³-hybridized carbons (Fsp3) is 0.381. The summed E-state index contributed by atoms with van der Waals surface area (Å²) in [5, 5.41) is 5.88. The van der Waals surface area contributed by atoms with Crippen LogP contribution < -0.4 is 10.7 Å². The van der Waals surface area contributed by atoms with Crippen molar-refractivity contribution in [3.63, 3.8) is 0 Å². The maximum atomic E-state index is 13.1. The van der Waals surface area contributed by atoms with Crippen LogP contribution in [0.25, 0.3) is 0 Å². The molecule has 0 spiro atoms. The lowest BCUT2D eigenvalue weighted by Gasteiger charge is -2.33. The number of aryl methyl sites for hydroxylation is 2. The molecule has 11 heteroatoms. The average molecular weight is 476 g/mol. The van der Waals surface area contributed by atoms with Crippen molar-refractivity contribution >= 4 is 44.6 Å². The molecule has 4 rings (SSSR count). The highest BCUT2D eigenvalue weighted by Crippen LogP contribution is 2.29. The number of anilines is 1. The number of sulfonamides is 1. The molecule has 1 aromatic heterocycles. The molecule has 1 atom stereocenters. The van der Waals surface area contributed by atoms with Gasteiger partial charge in [0.2, 0.25) is 15.9 Å². The first kappa shape index (κ1) is 22.4. The van der Waals surface area contributed by atoms with E-state index in [0.29, 0.717) is 10.6 Å². The van der Waals surface area contributed by atoms with E-state index in [2.05, 4.69) is 5.10 Å². The molecule has 170 valence electrons. The summed E-state index contributed by atoms with van der Waals surface area (Å²) in [4.78, 5) is 28.7. The molecule has 9 nitrogen and oxygen atoms in total. The highest BCUT2D eigenvalue weighted by Gasteiger charge is 2.38. The van der Waals surface area contributed by atoms with Crippen LogP contribution in [0, 0.1) is 13.8 Å². The Bertz CT molecular complexity index is 1170. The van der Waals surface area contributed by atoms with Gasteiger partial charge in [-0.1, -0.05) is 18.2 Å². The summed E-state index contributed by atoms with van der Waals surface area (Å²) in [5.41, 5.74) is 6.48. The molecule has 1 saturated heterocycles. The van der Waals surface area contributed by atoms with Crippen molar-refractivity contribution < 1.29 is 18.0 Å². The lowest BCUT2D eigenvalue weighted by molar-refractivity contribution is -0.125. The molecular formula is C21H25N5O4S2. The van der Waals surface area contributed by atoms with Gasteiger partial charge in [0.05, 0.1) is 10.6 Å². The van der Waals surface area contributed by atoms with Gasteiger partial charge in [0.15, 0.2) is 0 Å². The summed E-state index contributed by atoms with van der Waals surface area (Å²) < 4.78 is 27.5. The van der Waals surface area contributed by atoms with E-state index in [1.54, 1.807) is 30.0 Å². The molecule has 1 unspecified atom stereocenters. The van der Waals surface area contributed by atoms with Crippen molar-refractivity contribution in [2.24, 2.45) is 10.8 Å². The summed E-state index contributed by atoms with van der Waals surface area (Å²) in [6.07, 6.45) is 0.120. The van der Waals surface area contributed by atoms with Crippen LogP contribution in [-0.2, 0) is 19.6 Å². The van der Waals surface area contributed by atoms with Gasteiger partial charge in [0.25, 0.3) is 5.91 Å². The molecule has 2 aliphatic rings. The number of hydrogen-bond donors (Lipinski definition) is 1. The fourth-order valence-corrected chi connectivity index (χ4v) is 6.94. The quantitative estimate of drug-likeness (QED) is 0.700. The fourth-order valence-electron chi connectivity index (χ4n) is 4.00. The molecule has 3 heterocycles. The third kappa shape index (κ3) is 4.15. The Kier molecular flexibility index (Phi) is 6.06. The van der Waals surface area contributed by atoms with Gasteiger partial charge >= 0.3 is 0 Å². The molecule has 2 N–H and O–H groups in total. The minimum atomic E-state index is -3.60. The van der Waals surface area contributed by atoms with Crippen molar-refractivity contribution in [1.82, 2.24) is 9.21 Å². The van der Waals surface area contributed by atoms with Crippen molar-refractivity contribution in [2.75, 3.05) is 31.2 Å². The maximum Gasteiger partial charge on any atom is 0.270 e. The number of rotatable bonds is 5. The molecule has 2 aromatic rings. The van der Waals surface area contributed by atoms with E-state index in [-0.39, 0.29) is 44.2 Å². The van der Waals surface area contributed by atoms with E-state index in [4.69, 9.17) is 5.73 Å². The Morgan fingerprint density at radius 3 is 2.31 bits per heavy atom. The molecule has 0 saturated carbocycles. The third-order valence-electron chi connectivity index (χ3n) is 5.65. The zero-order valence-corrected chi connectivity index (χ0v) is 19.5. The summed E-state index contributed by atoms with van der Waals surface area (Å²) >= 11 is 1.45. The highest BCUT2D eigenvalue weighted by atomic mass is 32.2. The molecule has 0 radical (unpaired) electrons. The first-order valence-electron chi connectivity index (χ1n) is 10.3. The topological polar surface area (TPSA) is 116 Å². The van der Waals surface area contributed by atoms with Crippen LogP contribution in [0.15, 0.2) is 46.4 Å². The molecule has 1 aromatic carbocycles. The Morgan fingerprint density at radius 1 is 1.09 bits per heavy atom. The van der Waals surface area contributed by atoms with Gasteiger partial charge in [-0.3, -0.25) is 14.6 Å². The van der Waals surface area contributed by atoms with Crippen LogP contribution in [0.1, 0.15) is 16.2 Å². The second-order valence-corrected chi connectivity index (χ2v) is 11.2. The van der Waals surface area contributed by atoms with Crippen molar-refractivity contribution in [3.05, 3.63) is 46.2 Å². The van der Waals surface area contributed by atoms with E-state index >= 15 is 0 Å². The number of carbonyl (C=O) groups excluding carboxylic acids is 2. The summed E-state index contributed by atoms with van der Waals surface area (Å²) in [5.74, 6) is -0.855. The van der Waals surface area contributed by atoms with Crippen LogP contribution in [0.4, 0.5) is 5.69 Å².